The Morgan fingerprint density at radius 1 is 1.33 bits per heavy atom. The molecule has 2 N–H and O–H groups in total. The van der Waals surface area contributed by atoms with E-state index in [2.05, 4.69) is 4.98 Å². The second-order valence-corrected chi connectivity index (χ2v) is 5.85. The highest BCUT2D eigenvalue weighted by Gasteiger charge is 2.16. The molecule has 0 amide bonds. The number of thiophene rings is 1. The summed E-state index contributed by atoms with van der Waals surface area (Å²) < 4.78 is 6.45. The van der Waals surface area contributed by atoms with Gasteiger partial charge in [0.25, 0.3) is 0 Å². The Kier molecular flexibility index (Phi) is 2.86. The number of rotatable bonds is 2. The molecule has 0 aliphatic carbocycles. The lowest BCUT2D eigenvalue weighted by atomic mass is 10.2. The predicted molar refractivity (Wildman–Crippen MR) is 74.1 cm³/mol. The smallest absolute Gasteiger partial charge is 0.152 e. The lowest BCUT2D eigenvalue weighted by molar-refractivity contribution is 0.527. The van der Waals surface area contributed by atoms with Gasteiger partial charge in [0.15, 0.2) is 5.58 Å². The van der Waals surface area contributed by atoms with Gasteiger partial charge in [-0.2, -0.15) is 0 Å². The summed E-state index contributed by atoms with van der Waals surface area (Å²) in [6.07, 6.45) is 0. The summed E-state index contributed by atoms with van der Waals surface area (Å²) in [5.74, 6) is 0.710. The van der Waals surface area contributed by atoms with Crippen LogP contribution in [0.3, 0.4) is 0 Å². The molecule has 3 nitrogen and oxygen atoms in total. The molecule has 0 bridgehead atoms. The van der Waals surface area contributed by atoms with Gasteiger partial charge in [-0.15, -0.1) is 11.3 Å². The van der Waals surface area contributed by atoms with Crippen molar-refractivity contribution in [3.8, 4) is 0 Å². The Bertz CT molecular complexity index is 704. The molecule has 0 saturated heterocycles. The Morgan fingerprint density at radius 2 is 2.17 bits per heavy atom. The first-order valence-electron chi connectivity index (χ1n) is 5.51. The molecule has 1 unspecified atom stereocenters. The summed E-state index contributed by atoms with van der Waals surface area (Å²) in [7, 11) is 0. The number of hydrogen-bond acceptors (Lipinski definition) is 4. The van der Waals surface area contributed by atoms with Gasteiger partial charge in [0, 0.05) is 16.6 Å². The molecule has 92 valence electrons. The Labute approximate surface area is 113 Å². The van der Waals surface area contributed by atoms with E-state index in [1.165, 1.54) is 11.3 Å². The van der Waals surface area contributed by atoms with Crippen LogP contribution in [0.5, 0.6) is 0 Å². The predicted octanol–water partition coefficient (Wildman–Crippen LogP) is 3.90. The van der Waals surface area contributed by atoms with Crippen LogP contribution < -0.4 is 5.73 Å². The normalized spacial score (nSPS) is 13.1. The zero-order chi connectivity index (χ0) is 12.7. The third kappa shape index (κ3) is 2.03. The van der Waals surface area contributed by atoms with E-state index in [9.17, 15) is 0 Å². The van der Waals surface area contributed by atoms with Gasteiger partial charge in [0.1, 0.15) is 11.3 Å². The molecule has 0 saturated carbocycles. The van der Waals surface area contributed by atoms with Crippen LogP contribution in [-0.4, -0.2) is 4.98 Å². The van der Waals surface area contributed by atoms with E-state index in [0.29, 0.717) is 5.76 Å². The van der Waals surface area contributed by atoms with E-state index in [0.717, 1.165) is 26.0 Å². The zero-order valence-corrected chi connectivity index (χ0v) is 11.3. The number of fused-ring (bicyclic) bond motifs is 1. The molecular weight excluding hydrogens is 268 g/mol. The maximum Gasteiger partial charge on any atom is 0.152 e. The van der Waals surface area contributed by atoms with Crippen molar-refractivity contribution >= 4 is 34.0 Å². The van der Waals surface area contributed by atoms with Gasteiger partial charge in [0.05, 0.1) is 10.4 Å². The highest BCUT2D eigenvalue weighted by atomic mass is 35.5. The van der Waals surface area contributed by atoms with Gasteiger partial charge in [-0.3, -0.25) is 0 Å². The summed E-state index contributed by atoms with van der Waals surface area (Å²) in [6.45, 7) is 1.95. The molecule has 3 aromatic rings. The van der Waals surface area contributed by atoms with Crippen LogP contribution in [0.1, 0.15) is 22.4 Å². The fourth-order valence-electron chi connectivity index (χ4n) is 1.83. The van der Waals surface area contributed by atoms with Gasteiger partial charge in [-0.25, -0.2) is 4.98 Å². The lowest BCUT2D eigenvalue weighted by Crippen LogP contribution is -2.08. The summed E-state index contributed by atoms with van der Waals surface area (Å²) in [5, 5.41) is 0. The lowest BCUT2D eigenvalue weighted by Gasteiger charge is -2.04. The minimum Gasteiger partial charge on any atom is -0.457 e. The van der Waals surface area contributed by atoms with Crippen LogP contribution in [0.15, 0.2) is 34.7 Å². The van der Waals surface area contributed by atoms with Crippen molar-refractivity contribution < 1.29 is 4.42 Å². The highest BCUT2D eigenvalue weighted by molar-refractivity contribution is 7.16. The Balaban J connectivity index is 2.03. The topological polar surface area (TPSA) is 52.0 Å². The molecule has 0 aliphatic heterocycles. The molecule has 3 heterocycles. The van der Waals surface area contributed by atoms with Gasteiger partial charge in [-0.05, 0) is 31.2 Å². The molecule has 0 fully saturated rings. The van der Waals surface area contributed by atoms with Gasteiger partial charge < -0.3 is 10.2 Å². The molecule has 0 radical (unpaired) electrons. The number of pyridine rings is 1. The molecule has 1 atom stereocenters. The van der Waals surface area contributed by atoms with E-state index in [1.54, 1.807) is 0 Å². The first-order valence-corrected chi connectivity index (χ1v) is 6.71. The second kappa shape index (κ2) is 4.39. The molecule has 3 aromatic heterocycles. The number of aromatic nitrogens is 1. The summed E-state index contributed by atoms with van der Waals surface area (Å²) in [5.41, 5.74) is 8.72. The maximum absolute atomic E-state index is 6.16. The van der Waals surface area contributed by atoms with Crippen LogP contribution in [-0.2, 0) is 0 Å². The van der Waals surface area contributed by atoms with Crippen molar-refractivity contribution in [1.29, 1.82) is 0 Å². The van der Waals surface area contributed by atoms with Crippen molar-refractivity contribution in [3.05, 3.63) is 51.0 Å². The third-order valence-corrected chi connectivity index (χ3v) is 4.05. The van der Waals surface area contributed by atoms with Crippen LogP contribution in [0.4, 0.5) is 0 Å². The summed E-state index contributed by atoms with van der Waals surface area (Å²) in [6, 6.07) is 9.19. The minimum absolute atomic E-state index is 0.294. The zero-order valence-electron chi connectivity index (χ0n) is 9.68. The van der Waals surface area contributed by atoms with E-state index < -0.39 is 0 Å². The number of aryl methyl sites for hydroxylation is 1. The molecule has 0 spiro atoms. The average molecular weight is 279 g/mol. The van der Waals surface area contributed by atoms with Crippen molar-refractivity contribution in [3.63, 3.8) is 0 Å². The van der Waals surface area contributed by atoms with Crippen molar-refractivity contribution in [2.75, 3.05) is 0 Å². The fraction of sp³-hybridized carbons (Fsp3) is 0.154. The number of halogens is 1. The Hall–Kier alpha value is -1.36. The average Bonchev–Trinajstić information content (AvgIpc) is 2.93. The number of nitrogens with two attached hydrogens (primary N) is 1. The first kappa shape index (κ1) is 11.7. The Morgan fingerprint density at radius 3 is 2.89 bits per heavy atom. The molecule has 5 heteroatoms. The maximum atomic E-state index is 6.16. The quantitative estimate of drug-likeness (QED) is 0.773. The number of nitrogens with zero attached hydrogens (tertiary/aromatic N) is 1. The van der Waals surface area contributed by atoms with Gasteiger partial charge in [0.2, 0.25) is 0 Å². The second-order valence-electron chi connectivity index (χ2n) is 4.10. The van der Waals surface area contributed by atoms with Crippen molar-refractivity contribution in [2.24, 2.45) is 5.73 Å². The standard InChI is InChI=1S/C13H11ClN2OS/c1-7-2-3-9-8(16-7)6-10(17-9)13(15)11-4-5-12(14)18-11/h2-6,13H,15H2,1H3. The van der Waals surface area contributed by atoms with Gasteiger partial charge in [-0.1, -0.05) is 11.6 Å². The van der Waals surface area contributed by atoms with E-state index in [4.69, 9.17) is 21.8 Å². The molecule has 3 rings (SSSR count). The third-order valence-electron chi connectivity index (χ3n) is 2.74. The monoisotopic (exact) mass is 278 g/mol. The molecule has 0 aliphatic rings. The van der Waals surface area contributed by atoms with Crippen LogP contribution in [0, 0.1) is 6.92 Å². The van der Waals surface area contributed by atoms with E-state index in [1.807, 2.05) is 37.3 Å². The van der Waals surface area contributed by atoms with E-state index in [-0.39, 0.29) is 6.04 Å². The van der Waals surface area contributed by atoms with Crippen molar-refractivity contribution in [1.82, 2.24) is 4.98 Å². The summed E-state index contributed by atoms with van der Waals surface area (Å²) >= 11 is 7.38. The number of furan rings is 1. The van der Waals surface area contributed by atoms with Crippen LogP contribution in [0.25, 0.3) is 11.1 Å². The minimum atomic E-state index is -0.294. The van der Waals surface area contributed by atoms with Crippen LogP contribution in [0.2, 0.25) is 4.34 Å². The first-order chi connectivity index (χ1) is 8.63. The molecule has 18 heavy (non-hydrogen) atoms. The fourth-order valence-corrected chi connectivity index (χ4v) is 2.90. The van der Waals surface area contributed by atoms with Gasteiger partial charge >= 0.3 is 0 Å². The molecular formula is C13H11ClN2OS. The van der Waals surface area contributed by atoms with Crippen molar-refractivity contribution in [2.45, 2.75) is 13.0 Å². The summed E-state index contributed by atoms with van der Waals surface area (Å²) in [4.78, 5) is 5.39. The van der Waals surface area contributed by atoms with E-state index >= 15 is 0 Å². The van der Waals surface area contributed by atoms with Crippen LogP contribution >= 0.6 is 22.9 Å². The molecule has 0 aromatic carbocycles. The largest absolute Gasteiger partial charge is 0.457 e. The number of hydrogen-bond donors (Lipinski definition) is 1. The highest BCUT2D eigenvalue weighted by Crippen LogP contribution is 2.31. The SMILES string of the molecule is Cc1ccc2oc(C(N)c3ccc(Cl)s3)cc2n1.